The fourth-order valence-corrected chi connectivity index (χ4v) is 1.44. The second-order valence-electron chi connectivity index (χ2n) is 4.42. The van der Waals surface area contributed by atoms with E-state index in [2.05, 4.69) is 5.32 Å². The van der Waals surface area contributed by atoms with Crippen molar-refractivity contribution in [2.24, 2.45) is 0 Å². The maximum atomic E-state index is 13.0. The Morgan fingerprint density at radius 1 is 1.30 bits per heavy atom. The zero-order valence-corrected chi connectivity index (χ0v) is 11.2. The Hall–Kier alpha value is -2.05. The summed E-state index contributed by atoms with van der Waals surface area (Å²) in [6.07, 6.45) is -4.13. The van der Waals surface area contributed by atoms with Gasteiger partial charge in [0, 0.05) is 26.0 Å². The lowest BCUT2D eigenvalue weighted by Crippen LogP contribution is -2.27. The molecular formula is C13H14F4N2O. The third-order valence-corrected chi connectivity index (χ3v) is 2.39. The van der Waals surface area contributed by atoms with Crippen molar-refractivity contribution in [3.05, 3.63) is 41.4 Å². The first kappa shape index (κ1) is 16.0. The van der Waals surface area contributed by atoms with Crippen LogP contribution in [0.3, 0.4) is 0 Å². The molecule has 0 saturated heterocycles. The summed E-state index contributed by atoms with van der Waals surface area (Å²) in [5.41, 5.74) is -0.888. The summed E-state index contributed by atoms with van der Waals surface area (Å²) in [6.45, 7) is 1.55. The lowest BCUT2D eigenvalue weighted by Gasteiger charge is -2.15. The first-order valence-electron chi connectivity index (χ1n) is 5.64. The van der Waals surface area contributed by atoms with Crippen molar-refractivity contribution in [3.8, 4) is 0 Å². The summed E-state index contributed by atoms with van der Waals surface area (Å²) >= 11 is 0. The summed E-state index contributed by atoms with van der Waals surface area (Å²) in [5.74, 6) is -1.98. The number of hydrogen-bond donors (Lipinski definition) is 1. The molecule has 0 aliphatic carbocycles. The van der Waals surface area contributed by atoms with E-state index >= 15 is 0 Å². The van der Waals surface area contributed by atoms with Gasteiger partial charge in [0.1, 0.15) is 11.4 Å². The minimum Gasteiger partial charge on any atom is -0.383 e. The third-order valence-electron chi connectivity index (χ3n) is 2.39. The molecule has 3 nitrogen and oxygen atoms in total. The Bertz CT molecular complexity index is 536. The molecular weight excluding hydrogens is 276 g/mol. The van der Waals surface area contributed by atoms with Gasteiger partial charge in [-0.1, -0.05) is 6.07 Å². The van der Waals surface area contributed by atoms with Crippen LogP contribution in [0, 0.1) is 12.7 Å². The normalized spacial score (nSPS) is 12.2. The largest absolute Gasteiger partial charge is 0.423 e. The van der Waals surface area contributed by atoms with Gasteiger partial charge < -0.3 is 10.2 Å². The van der Waals surface area contributed by atoms with Crippen molar-refractivity contribution >= 4 is 11.6 Å². The van der Waals surface area contributed by atoms with Crippen molar-refractivity contribution in [2.75, 3.05) is 19.4 Å². The second kappa shape index (κ2) is 5.94. The summed E-state index contributed by atoms with van der Waals surface area (Å²) in [5, 5.41) is 2.07. The van der Waals surface area contributed by atoms with E-state index < -0.39 is 23.5 Å². The van der Waals surface area contributed by atoms with Crippen molar-refractivity contribution in [3.63, 3.8) is 0 Å². The highest BCUT2D eigenvalue weighted by Gasteiger charge is 2.39. The first-order chi connectivity index (χ1) is 9.11. The summed E-state index contributed by atoms with van der Waals surface area (Å²) in [4.78, 5) is 12.8. The predicted octanol–water partition coefficient (Wildman–Crippen LogP) is 3.08. The molecule has 0 atom stereocenters. The number of halogens is 4. The monoisotopic (exact) mass is 290 g/mol. The second-order valence-corrected chi connectivity index (χ2v) is 4.42. The highest BCUT2D eigenvalue weighted by molar-refractivity contribution is 6.04. The van der Waals surface area contributed by atoms with E-state index in [-0.39, 0.29) is 5.69 Å². The zero-order valence-electron chi connectivity index (χ0n) is 11.2. The maximum Gasteiger partial charge on any atom is 0.423 e. The molecule has 110 valence electrons. The number of hydrogen-bond acceptors (Lipinski definition) is 2. The van der Waals surface area contributed by atoms with E-state index in [1.807, 2.05) is 0 Å². The molecule has 0 fully saturated rings. The lowest BCUT2D eigenvalue weighted by atomic mass is 10.1. The van der Waals surface area contributed by atoms with E-state index in [9.17, 15) is 22.4 Å². The summed E-state index contributed by atoms with van der Waals surface area (Å²) in [6, 6.07) is 3.50. The fraction of sp³-hybridized carbons (Fsp3) is 0.308. The zero-order chi connectivity index (χ0) is 15.5. The number of amides is 1. The molecule has 0 bridgehead atoms. The van der Waals surface area contributed by atoms with Gasteiger partial charge in [0.05, 0.1) is 0 Å². The smallest absolute Gasteiger partial charge is 0.383 e. The molecule has 1 aromatic rings. The Morgan fingerprint density at radius 2 is 1.90 bits per heavy atom. The highest BCUT2D eigenvalue weighted by atomic mass is 19.4. The van der Waals surface area contributed by atoms with Gasteiger partial charge in [0.25, 0.3) is 5.91 Å². The van der Waals surface area contributed by atoms with Crippen LogP contribution < -0.4 is 5.32 Å². The molecule has 1 rings (SSSR count). The molecule has 0 spiro atoms. The van der Waals surface area contributed by atoms with Crippen molar-refractivity contribution in [1.29, 1.82) is 0 Å². The van der Waals surface area contributed by atoms with E-state index in [1.165, 1.54) is 20.2 Å². The molecule has 1 amide bonds. The van der Waals surface area contributed by atoms with E-state index in [4.69, 9.17) is 0 Å². The Kier molecular flexibility index (Phi) is 4.75. The van der Waals surface area contributed by atoms with Crippen LogP contribution in [0.4, 0.5) is 23.2 Å². The third kappa shape index (κ3) is 4.25. The van der Waals surface area contributed by atoms with Gasteiger partial charge in [-0.05, 0) is 24.6 Å². The van der Waals surface area contributed by atoms with Crippen LogP contribution in [0.2, 0.25) is 0 Å². The molecule has 1 aromatic carbocycles. The number of rotatable bonds is 3. The van der Waals surface area contributed by atoms with Crippen LogP contribution in [-0.4, -0.2) is 31.1 Å². The standard InChI is InChI=1S/C13H14F4N2O/c1-8-4-5-9(14)6-11(8)18-12(20)10(7-19(2)3)13(15,16)17/h4-7H,1-3H3,(H,18,20). The number of benzene rings is 1. The van der Waals surface area contributed by atoms with Crippen molar-refractivity contribution in [2.45, 2.75) is 13.1 Å². The maximum absolute atomic E-state index is 13.0. The van der Waals surface area contributed by atoms with E-state index in [0.29, 0.717) is 11.8 Å². The number of aryl methyl sites for hydroxylation is 1. The van der Waals surface area contributed by atoms with Crippen LogP contribution in [0.25, 0.3) is 0 Å². The van der Waals surface area contributed by atoms with Crippen molar-refractivity contribution in [1.82, 2.24) is 4.90 Å². The first-order valence-corrected chi connectivity index (χ1v) is 5.64. The van der Waals surface area contributed by atoms with E-state index in [1.54, 1.807) is 6.92 Å². The van der Waals surface area contributed by atoms with Gasteiger partial charge in [-0.15, -0.1) is 0 Å². The molecule has 20 heavy (non-hydrogen) atoms. The number of carbonyl (C=O) groups is 1. The molecule has 0 unspecified atom stereocenters. The van der Waals surface area contributed by atoms with Crippen LogP contribution >= 0.6 is 0 Å². The van der Waals surface area contributed by atoms with Crippen molar-refractivity contribution < 1.29 is 22.4 Å². The molecule has 0 aromatic heterocycles. The lowest BCUT2D eigenvalue weighted by molar-refractivity contribution is -0.126. The van der Waals surface area contributed by atoms with Gasteiger partial charge in [-0.2, -0.15) is 13.2 Å². The predicted molar refractivity (Wildman–Crippen MR) is 67.6 cm³/mol. The Balaban J connectivity index is 3.06. The molecule has 7 heteroatoms. The van der Waals surface area contributed by atoms with Crippen LogP contribution in [-0.2, 0) is 4.79 Å². The molecule has 0 radical (unpaired) electrons. The van der Waals surface area contributed by atoms with Crippen LogP contribution in [0.1, 0.15) is 5.56 Å². The molecule has 0 saturated carbocycles. The topological polar surface area (TPSA) is 32.3 Å². The quantitative estimate of drug-likeness (QED) is 0.685. The average Bonchev–Trinajstić information content (AvgIpc) is 2.29. The minimum atomic E-state index is -4.80. The number of alkyl halides is 3. The van der Waals surface area contributed by atoms with Gasteiger partial charge in [-0.25, -0.2) is 4.39 Å². The number of anilines is 1. The Labute approximate surface area is 113 Å². The number of nitrogens with zero attached hydrogens (tertiary/aromatic N) is 1. The Morgan fingerprint density at radius 3 is 2.40 bits per heavy atom. The molecule has 0 aliphatic heterocycles. The SMILES string of the molecule is Cc1ccc(F)cc1NC(=O)C(=CN(C)C)C(F)(F)F. The van der Waals surface area contributed by atoms with Crippen LogP contribution in [0.5, 0.6) is 0 Å². The molecule has 0 aliphatic rings. The average molecular weight is 290 g/mol. The van der Waals surface area contributed by atoms with Gasteiger partial charge in [-0.3, -0.25) is 4.79 Å². The number of carbonyl (C=O) groups excluding carboxylic acids is 1. The van der Waals surface area contributed by atoms with Gasteiger partial charge in [0.15, 0.2) is 0 Å². The molecule has 0 heterocycles. The van der Waals surface area contributed by atoms with Gasteiger partial charge >= 0.3 is 6.18 Å². The highest BCUT2D eigenvalue weighted by Crippen LogP contribution is 2.27. The fourth-order valence-electron chi connectivity index (χ4n) is 1.44. The molecule has 1 N–H and O–H groups in total. The van der Waals surface area contributed by atoms with Crippen LogP contribution in [0.15, 0.2) is 30.0 Å². The summed E-state index contributed by atoms with van der Waals surface area (Å²) < 4.78 is 51.4. The minimum absolute atomic E-state index is 0.00362. The number of nitrogens with one attached hydrogen (secondary N) is 1. The summed E-state index contributed by atoms with van der Waals surface area (Å²) in [7, 11) is 2.74. The van der Waals surface area contributed by atoms with Gasteiger partial charge in [0.2, 0.25) is 0 Å². The van der Waals surface area contributed by atoms with E-state index in [0.717, 1.165) is 17.0 Å².